The van der Waals surface area contributed by atoms with E-state index in [4.69, 9.17) is 14.0 Å². The zero-order chi connectivity index (χ0) is 26.7. The molecule has 1 saturated heterocycles. The molecule has 206 valence electrons. The summed E-state index contributed by atoms with van der Waals surface area (Å²) >= 11 is -4.29. The number of halogens is 5. The van der Waals surface area contributed by atoms with Gasteiger partial charge in [0.05, 0.1) is 17.3 Å². The number of rotatable bonds is 6. The molecule has 7 fully saturated rings. The number of hydrogen-bond donors (Lipinski definition) is 1. The standard InChI is InChI=1S/C23H25F5O8S/c24-22(25,26)19(23(27,28)37(32)33)36-18(30)14-12-4-11-13(14)17(29)34-15(11)16(12)35-20(31)21-5-8-1-9(6-21)3-10(2-8)7-21/h8-16,19H,1-7H2,(H,32,33). The van der Waals surface area contributed by atoms with Gasteiger partial charge in [-0.1, -0.05) is 0 Å². The number of carbonyl (C=O) groups is 3. The predicted octanol–water partition coefficient (Wildman–Crippen LogP) is 3.21. The van der Waals surface area contributed by atoms with Crippen LogP contribution in [0.15, 0.2) is 0 Å². The van der Waals surface area contributed by atoms with Gasteiger partial charge in [0, 0.05) is 11.8 Å². The van der Waals surface area contributed by atoms with Crippen molar-refractivity contribution in [3.8, 4) is 0 Å². The fourth-order valence-electron chi connectivity index (χ4n) is 8.69. The van der Waals surface area contributed by atoms with Gasteiger partial charge < -0.3 is 18.8 Å². The lowest BCUT2D eigenvalue weighted by molar-refractivity contribution is -0.261. The third-order valence-corrected chi connectivity index (χ3v) is 10.3. The molecule has 37 heavy (non-hydrogen) atoms. The average molecular weight is 557 g/mol. The third-order valence-electron chi connectivity index (χ3n) is 9.60. The first-order valence-electron chi connectivity index (χ1n) is 12.4. The Labute approximate surface area is 210 Å². The number of esters is 3. The van der Waals surface area contributed by atoms with Gasteiger partial charge in [-0.3, -0.25) is 14.4 Å². The van der Waals surface area contributed by atoms with E-state index in [0.717, 1.165) is 19.3 Å². The van der Waals surface area contributed by atoms with Gasteiger partial charge in [0.15, 0.2) is 0 Å². The van der Waals surface area contributed by atoms with Crippen molar-refractivity contribution in [1.82, 2.24) is 0 Å². The lowest BCUT2D eigenvalue weighted by Crippen LogP contribution is -2.54. The smallest absolute Gasteiger partial charge is 0.432 e. The maximum atomic E-state index is 13.9. The number of ether oxygens (including phenoxy) is 3. The largest absolute Gasteiger partial charge is 0.458 e. The van der Waals surface area contributed by atoms with Gasteiger partial charge in [0.2, 0.25) is 11.1 Å². The zero-order valence-electron chi connectivity index (χ0n) is 19.3. The molecule has 0 spiro atoms. The molecule has 0 amide bonds. The summed E-state index contributed by atoms with van der Waals surface area (Å²) in [7, 11) is 0. The summed E-state index contributed by atoms with van der Waals surface area (Å²) in [6.45, 7) is 0. The lowest BCUT2D eigenvalue weighted by Gasteiger charge is -2.55. The molecule has 8 nitrogen and oxygen atoms in total. The molecule has 1 heterocycles. The van der Waals surface area contributed by atoms with Crippen LogP contribution in [0.2, 0.25) is 0 Å². The van der Waals surface area contributed by atoms with Gasteiger partial charge in [-0.2, -0.15) is 22.0 Å². The van der Waals surface area contributed by atoms with Crippen molar-refractivity contribution >= 4 is 29.0 Å². The molecule has 0 aromatic carbocycles. The molecule has 0 aromatic rings. The Bertz CT molecular complexity index is 1030. The van der Waals surface area contributed by atoms with Crippen LogP contribution in [0.4, 0.5) is 22.0 Å². The van der Waals surface area contributed by atoms with Gasteiger partial charge in [0.1, 0.15) is 12.2 Å². The molecular formula is C23H25F5O8S. The monoisotopic (exact) mass is 556 g/mol. The normalized spacial score (nSPS) is 45.0. The molecular weight excluding hydrogens is 531 g/mol. The molecule has 7 aliphatic rings. The second-order valence-corrected chi connectivity index (χ2v) is 12.8. The maximum Gasteiger partial charge on any atom is 0.432 e. The molecule has 6 saturated carbocycles. The predicted molar refractivity (Wildman–Crippen MR) is 111 cm³/mol. The van der Waals surface area contributed by atoms with Gasteiger partial charge in [-0.05, 0) is 62.7 Å². The minimum Gasteiger partial charge on any atom is -0.458 e. The maximum absolute atomic E-state index is 13.9. The van der Waals surface area contributed by atoms with Gasteiger partial charge in [-0.25, -0.2) is 4.21 Å². The van der Waals surface area contributed by atoms with Crippen molar-refractivity contribution in [1.29, 1.82) is 0 Å². The SMILES string of the molecule is O=C1OC2C3CC(C2OC(=O)C24CC5CC(CC(C5)C2)C4)C(C(=O)OC(C(F)(F)F)C(F)(F)S(=O)O)C13. The molecule has 1 N–H and O–H groups in total. The van der Waals surface area contributed by atoms with E-state index >= 15 is 0 Å². The van der Waals surface area contributed by atoms with Crippen molar-refractivity contribution in [2.75, 3.05) is 0 Å². The van der Waals surface area contributed by atoms with Crippen molar-refractivity contribution in [3.63, 3.8) is 0 Å². The van der Waals surface area contributed by atoms with Crippen LogP contribution < -0.4 is 0 Å². The summed E-state index contributed by atoms with van der Waals surface area (Å²) in [6, 6.07) is 0. The molecule has 7 rings (SSSR count). The third kappa shape index (κ3) is 3.75. The van der Waals surface area contributed by atoms with E-state index in [1.54, 1.807) is 0 Å². The minimum atomic E-state index is -5.86. The number of fused-ring (bicyclic) bond motifs is 1. The molecule has 8 unspecified atom stereocenters. The Kier molecular flexibility index (Phi) is 5.56. The Morgan fingerprint density at radius 2 is 1.57 bits per heavy atom. The summed E-state index contributed by atoms with van der Waals surface area (Å²) in [5, 5.41) is -5.34. The molecule has 14 heteroatoms. The second kappa shape index (κ2) is 8.09. The Balaban J connectivity index is 1.23. The van der Waals surface area contributed by atoms with Crippen LogP contribution in [0.25, 0.3) is 0 Å². The van der Waals surface area contributed by atoms with Crippen LogP contribution in [0.1, 0.15) is 44.9 Å². The fourth-order valence-corrected chi connectivity index (χ4v) is 9.06. The van der Waals surface area contributed by atoms with E-state index in [0.29, 0.717) is 37.0 Å². The first-order valence-corrected chi connectivity index (χ1v) is 13.5. The zero-order valence-corrected chi connectivity index (χ0v) is 20.1. The summed E-state index contributed by atoms with van der Waals surface area (Å²) in [5.74, 6) is -6.29. The molecule has 1 aliphatic heterocycles. The van der Waals surface area contributed by atoms with E-state index in [-0.39, 0.29) is 6.42 Å². The molecule has 6 aliphatic carbocycles. The first-order chi connectivity index (χ1) is 17.2. The first kappa shape index (κ1) is 25.4. The second-order valence-electron chi connectivity index (χ2n) is 11.8. The van der Waals surface area contributed by atoms with Crippen molar-refractivity contribution in [2.24, 2.45) is 46.8 Å². The topological polar surface area (TPSA) is 116 Å². The summed E-state index contributed by atoms with van der Waals surface area (Å²) < 4.78 is 103. The highest BCUT2D eigenvalue weighted by Gasteiger charge is 2.72. The van der Waals surface area contributed by atoms with Crippen LogP contribution in [-0.4, -0.2) is 56.4 Å². The quantitative estimate of drug-likeness (QED) is 0.230. The fraction of sp³-hybridized carbons (Fsp3) is 0.870. The van der Waals surface area contributed by atoms with Gasteiger partial charge >= 0.3 is 29.3 Å². The van der Waals surface area contributed by atoms with E-state index in [1.807, 2.05) is 0 Å². The minimum absolute atomic E-state index is 0.110. The van der Waals surface area contributed by atoms with Gasteiger partial charge in [0.25, 0.3) is 6.10 Å². The highest BCUT2D eigenvalue weighted by molar-refractivity contribution is 7.80. The van der Waals surface area contributed by atoms with Crippen LogP contribution >= 0.6 is 0 Å². The Morgan fingerprint density at radius 3 is 2.08 bits per heavy atom. The van der Waals surface area contributed by atoms with Gasteiger partial charge in [-0.15, -0.1) is 0 Å². The number of carbonyl (C=O) groups excluding carboxylic acids is 3. The van der Waals surface area contributed by atoms with Crippen LogP contribution in [0.5, 0.6) is 0 Å². The van der Waals surface area contributed by atoms with E-state index in [9.17, 15) is 40.5 Å². The highest BCUT2D eigenvalue weighted by atomic mass is 32.2. The van der Waals surface area contributed by atoms with Crippen LogP contribution in [0, 0.1) is 46.8 Å². The summed E-state index contributed by atoms with van der Waals surface area (Å²) in [6.07, 6.45) is -6.68. The lowest BCUT2D eigenvalue weighted by atomic mass is 9.49. The number of alkyl halides is 5. The van der Waals surface area contributed by atoms with E-state index in [1.165, 1.54) is 0 Å². The van der Waals surface area contributed by atoms with E-state index in [2.05, 4.69) is 4.74 Å². The van der Waals surface area contributed by atoms with Crippen molar-refractivity contribution in [3.05, 3.63) is 0 Å². The highest BCUT2D eigenvalue weighted by Crippen LogP contribution is 2.63. The molecule has 0 aromatic heterocycles. The Hall–Kier alpha value is -1.83. The van der Waals surface area contributed by atoms with Crippen LogP contribution in [0.3, 0.4) is 0 Å². The summed E-state index contributed by atoms with van der Waals surface area (Å²) in [4.78, 5) is 38.9. The molecule has 8 atom stereocenters. The average Bonchev–Trinajstić information content (AvgIpc) is 3.39. The van der Waals surface area contributed by atoms with Crippen molar-refractivity contribution < 1.29 is 59.3 Å². The number of hydrogen-bond acceptors (Lipinski definition) is 7. The molecule has 6 bridgehead atoms. The Morgan fingerprint density at radius 1 is 1.00 bits per heavy atom. The van der Waals surface area contributed by atoms with Crippen molar-refractivity contribution in [2.45, 2.75) is 74.7 Å². The van der Waals surface area contributed by atoms with E-state index < -0.39 is 87.8 Å². The molecule has 0 radical (unpaired) electrons. The summed E-state index contributed by atoms with van der Waals surface area (Å²) in [5.41, 5.74) is -0.677. The van der Waals surface area contributed by atoms with Crippen LogP contribution in [-0.2, 0) is 39.7 Å².